The van der Waals surface area contributed by atoms with E-state index in [9.17, 15) is 14.4 Å². The monoisotopic (exact) mass is 332 g/mol. The summed E-state index contributed by atoms with van der Waals surface area (Å²) in [5.41, 5.74) is 7.08. The number of anilines is 1. The molecule has 3 N–H and O–H groups in total. The lowest BCUT2D eigenvalue weighted by molar-refractivity contribution is -0.151. The number of para-hydroxylation sites is 1. The molecule has 7 nitrogen and oxygen atoms in total. The first kappa shape index (κ1) is 17.5. The molecule has 1 aromatic rings. The second kappa shape index (κ2) is 7.16. The molecular formula is C17H20N2O5. The summed E-state index contributed by atoms with van der Waals surface area (Å²) in [4.78, 5) is 37.2. The Labute approximate surface area is 139 Å². The van der Waals surface area contributed by atoms with Crippen LogP contribution in [0.1, 0.15) is 25.3 Å². The number of nitrogens with one attached hydrogen (secondary N) is 1. The largest absolute Gasteiger partial charge is 0.466 e. The lowest BCUT2D eigenvalue weighted by Gasteiger charge is -2.23. The van der Waals surface area contributed by atoms with Gasteiger partial charge in [0.05, 0.1) is 25.2 Å². The van der Waals surface area contributed by atoms with E-state index >= 15 is 0 Å². The summed E-state index contributed by atoms with van der Waals surface area (Å²) in [6.45, 7) is 3.25. The van der Waals surface area contributed by atoms with Gasteiger partial charge in [0.2, 0.25) is 5.91 Å². The van der Waals surface area contributed by atoms with Gasteiger partial charge < -0.3 is 20.5 Å². The molecule has 0 radical (unpaired) electrons. The van der Waals surface area contributed by atoms with Crippen molar-refractivity contribution < 1.29 is 23.9 Å². The van der Waals surface area contributed by atoms with Crippen LogP contribution in [0, 0.1) is 5.92 Å². The molecular weight excluding hydrogens is 312 g/mol. The lowest BCUT2D eigenvalue weighted by Crippen LogP contribution is -2.35. The standard InChI is InChI=1S/C17H20N2O5/c1-4-24-17(22)14(12(9(2)18)16(21)23-3)13-10-7-5-6-8-11(10)19-15(13)20/h5-8,13-14H,4,18H2,1-3H3,(H,19,20)/b12-9-. The molecule has 1 aliphatic rings. The van der Waals surface area contributed by atoms with E-state index in [2.05, 4.69) is 5.32 Å². The topological polar surface area (TPSA) is 108 Å². The summed E-state index contributed by atoms with van der Waals surface area (Å²) in [7, 11) is 1.19. The van der Waals surface area contributed by atoms with Crippen LogP contribution in [-0.4, -0.2) is 31.6 Å². The maximum absolute atomic E-state index is 12.6. The lowest BCUT2D eigenvalue weighted by atomic mass is 9.81. The summed E-state index contributed by atoms with van der Waals surface area (Å²) >= 11 is 0. The summed E-state index contributed by atoms with van der Waals surface area (Å²) in [6.07, 6.45) is 0. The van der Waals surface area contributed by atoms with E-state index in [1.165, 1.54) is 14.0 Å². The molecule has 0 fully saturated rings. The zero-order valence-corrected chi connectivity index (χ0v) is 13.8. The van der Waals surface area contributed by atoms with Gasteiger partial charge in [-0.05, 0) is 25.5 Å². The number of hydrogen-bond donors (Lipinski definition) is 2. The van der Waals surface area contributed by atoms with Gasteiger partial charge in [-0.2, -0.15) is 0 Å². The van der Waals surface area contributed by atoms with Crippen LogP contribution in [0.15, 0.2) is 35.5 Å². The smallest absolute Gasteiger partial charge is 0.336 e. The second-order valence-corrected chi connectivity index (χ2v) is 5.37. The Kier molecular flexibility index (Phi) is 5.23. The van der Waals surface area contributed by atoms with Gasteiger partial charge in [0.25, 0.3) is 0 Å². The fourth-order valence-electron chi connectivity index (χ4n) is 2.86. The first-order valence-electron chi connectivity index (χ1n) is 7.53. The number of methoxy groups -OCH3 is 1. The maximum Gasteiger partial charge on any atom is 0.336 e. The summed E-state index contributed by atoms with van der Waals surface area (Å²) in [6, 6.07) is 6.98. The first-order chi connectivity index (χ1) is 11.4. The predicted molar refractivity (Wildman–Crippen MR) is 86.8 cm³/mol. The highest BCUT2D eigenvalue weighted by Crippen LogP contribution is 2.41. The number of benzene rings is 1. The Hall–Kier alpha value is -2.83. The van der Waals surface area contributed by atoms with Crippen molar-refractivity contribution in [2.75, 3.05) is 19.0 Å². The highest BCUT2D eigenvalue weighted by molar-refractivity contribution is 6.08. The molecule has 1 amide bonds. The van der Waals surface area contributed by atoms with E-state index in [4.69, 9.17) is 15.2 Å². The minimum Gasteiger partial charge on any atom is -0.466 e. The molecule has 0 saturated heterocycles. The van der Waals surface area contributed by atoms with Gasteiger partial charge in [0.1, 0.15) is 5.92 Å². The minimum atomic E-state index is -1.17. The molecule has 2 atom stereocenters. The zero-order valence-electron chi connectivity index (χ0n) is 13.8. The zero-order chi connectivity index (χ0) is 17.9. The molecule has 0 bridgehead atoms. The number of carbonyl (C=O) groups is 3. The van der Waals surface area contributed by atoms with Crippen LogP contribution < -0.4 is 11.1 Å². The third-order valence-electron chi connectivity index (χ3n) is 3.85. The SMILES string of the molecule is CCOC(=O)C(/C(C(=O)OC)=C(\C)N)C1C(=O)Nc2ccccc21. The molecule has 0 aromatic heterocycles. The molecule has 1 heterocycles. The molecule has 0 saturated carbocycles. The molecule has 2 rings (SSSR count). The molecule has 0 spiro atoms. The van der Waals surface area contributed by atoms with Crippen molar-refractivity contribution >= 4 is 23.5 Å². The average Bonchev–Trinajstić information content (AvgIpc) is 2.87. The Balaban J connectivity index is 2.60. The summed E-state index contributed by atoms with van der Waals surface area (Å²) < 4.78 is 9.84. The number of rotatable bonds is 5. The van der Waals surface area contributed by atoms with Crippen molar-refractivity contribution in [3.63, 3.8) is 0 Å². The van der Waals surface area contributed by atoms with Gasteiger partial charge in [0.15, 0.2) is 0 Å². The molecule has 128 valence electrons. The number of carbonyl (C=O) groups excluding carboxylic acids is 3. The quantitative estimate of drug-likeness (QED) is 0.622. The van der Waals surface area contributed by atoms with Crippen molar-refractivity contribution in [2.45, 2.75) is 19.8 Å². The second-order valence-electron chi connectivity index (χ2n) is 5.37. The Morgan fingerprint density at radius 1 is 1.33 bits per heavy atom. The Morgan fingerprint density at radius 3 is 2.58 bits per heavy atom. The van der Waals surface area contributed by atoms with Crippen LogP contribution in [0.25, 0.3) is 0 Å². The van der Waals surface area contributed by atoms with Crippen molar-refractivity contribution in [3.8, 4) is 0 Å². The number of amides is 1. The Morgan fingerprint density at radius 2 is 2.00 bits per heavy atom. The van der Waals surface area contributed by atoms with Gasteiger partial charge in [-0.25, -0.2) is 4.79 Å². The van der Waals surface area contributed by atoms with Gasteiger partial charge in [-0.1, -0.05) is 18.2 Å². The molecule has 1 aliphatic heterocycles. The van der Waals surface area contributed by atoms with Crippen molar-refractivity contribution in [1.29, 1.82) is 0 Å². The first-order valence-corrected chi connectivity index (χ1v) is 7.53. The number of nitrogens with two attached hydrogens (primary N) is 1. The number of esters is 2. The summed E-state index contributed by atoms with van der Waals surface area (Å²) in [5.74, 6) is -3.93. The van der Waals surface area contributed by atoms with Gasteiger partial charge in [0, 0.05) is 11.4 Å². The number of ether oxygens (including phenoxy) is 2. The van der Waals surface area contributed by atoms with E-state index in [0.717, 1.165) is 0 Å². The van der Waals surface area contributed by atoms with Crippen molar-refractivity contribution in [1.82, 2.24) is 0 Å². The van der Waals surface area contributed by atoms with E-state index in [1.807, 2.05) is 0 Å². The van der Waals surface area contributed by atoms with Crippen LogP contribution in [0.5, 0.6) is 0 Å². The van der Waals surface area contributed by atoms with Crippen LogP contribution in [-0.2, 0) is 23.9 Å². The molecule has 7 heteroatoms. The highest BCUT2D eigenvalue weighted by atomic mass is 16.5. The third-order valence-corrected chi connectivity index (χ3v) is 3.85. The van der Waals surface area contributed by atoms with Crippen molar-refractivity contribution in [3.05, 3.63) is 41.1 Å². The molecule has 24 heavy (non-hydrogen) atoms. The Bertz CT molecular complexity index is 707. The average molecular weight is 332 g/mol. The number of fused-ring (bicyclic) bond motifs is 1. The van der Waals surface area contributed by atoms with Gasteiger partial charge in [-0.15, -0.1) is 0 Å². The third kappa shape index (κ3) is 3.10. The normalized spacial score (nSPS) is 18.1. The van der Waals surface area contributed by atoms with E-state index < -0.39 is 29.7 Å². The molecule has 0 aliphatic carbocycles. The van der Waals surface area contributed by atoms with Crippen LogP contribution in [0.4, 0.5) is 5.69 Å². The molecule has 1 aromatic carbocycles. The number of allylic oxidation sites excluding steroid dienone is 1. The minimum absolute atomic E-state index is 0.0622. The van der Waals surface area contributed by atoms with E-state index in [1.54, 1.807) is 31.2 Å². The maximum atomic E-state index is 12.6. The highest BCUT2D eigenvalue weighted by Gasteiger charge is 2.46. The van der Waals surface area contributed by atoms with Crippen molar-refractivity contribution in [2.24, 2.45) is 11.7 Å². The predicted octanol–water partition coefficient (Wildman–Crippen LogP) is 1.31. The van der Waals surface area contributed by atoms with Gasteiger partial charge >= 0.3 is 11.9 Å². The number of hydrogen-bond acceptors (Lipinski definition) is 6. The summed E-state index contributed by atoms with van der Waals surface area (Å²) in [5, 5.41) is 2.71. The van der Waals surface area contributed by atoms with Crippen LogP contribution in [0.3, 0.4) is 0 Å². The van der Waals surface area contributed by atoms with Crippen LogP contribution >= 0.6 is 0 Å². The van der Waals surface area contributed by atoms with Gasteiger partial charge in [-0.3, -0.25) is 9.59 Å². The fourth-order valence-corrected chi connectivity index (χ4v) is 2.86. The van der Waals surface area contributed by atoms with Crippen LogP contribution in [0.2, 0.25) is 0 Å². The fraction of sp³-hybridized carbons (Fsp3) is 0.353. The van der Waals surface area contributed by atoms with E-state index in [-0.39, 0.29) is 17.9 Å². The van der Waals surface area contributed by atoms with E-state index in [0.29, 0.717) is 11.3 Å². The molecule has 2 unspecified atom stereocenters.